The number of nitrogens with two attached hydrogens (primary N) is 1. The highest BCUT2D eigenvalue weighted by molar-refractivity contribution is 5.96. The molecule has 0 bridgehead atoms. The van der Waals surface area contributed by atoms with Gasteiger partial charge in [-0.05, 0) is 74.3 Å². The van der Waals surface area contributed by atoms with Crippen molar-refractivity contribution in [1.82, 2.24) is 16.0 Å². The van der Waals surface area contributed by atoms with Crippen LogP contribution in [0, 0.1) is 18.8 Å². The molecule has 0 aliphatic heterocycles. The molecule has 0 saturated heterocycles. The van der Waals surface area contributed by atoms with Crippen LogP contribution in [0.3, 0.4) is 0 Å². The summed E-state index contributed by atoms with van der Waals surface area (Å²) in [6.45, 7) is 3.38. The zero-order valence-electron chi connectivity index (χ0n) is 21.3. The number of hydrogen-bond donors (Lipinski definition) is 4. The number of aryl methyl sites for hydroxylation is 1. The first kappa shape index (κ1) is 26.7. The minimum Gasteiger partial charge on any atom is -0.446 e. The largest absolute Gasteiger partial charge is 0.446 e. The lowest BCUT2D eigenvalue weighted by atomic mass is 9.82. The van der Waals surface area contributed by atoms with Gasteiger partial charge in [-0.15, -0.1) is 0 Å². The summed E-state index contributed by atoms with van der Waals surface area (Å²) in [6, 6.07) is 13.7. The van der Waals surface area contributed by atoms with Crippen LogP contribution in [0.5, 0.6) is 0 Å². The standard InChI is InChI=1S/C28H32N4O6/c1-17-2-4-18(5-3-17)14-30-27(35)23-12-13-24(38-23)28(36)32-16-20-8-6-19(7-9-20)15-31-26(34)22-11-10-21(37-22)25(29)33/h2-5,10-13,19-20H,6-9,14-16H2,1H3,(H2,29,33)(H,30,35)(H,31,34)(H,32,36). The first-order valence-corrected chi connectivity index (χ1v) is 12.7. The summed E-state index contributed by atoms with van der Waals surface area (Å²) in [7, 11) is 0. The van der Waals surface area contributed by atoms with Crippen molar-refractivity contribution in [2.75, 3.05) is 13.1 Å². The summed E-state index contributed by atoms with van der Waals surface area (Å²) >= 11 is 0. The number of furan rings is 2. The number of hydrogen-bond acceptors (Lipinski definition) is 6. The Labute approximate surface area is 220 Å². The van der Waals surface area contributed by atoms with Gasteiger partial charge in [-0.1, -0.05) is 29.8 Å². The minimum atomic E-state index is -0.721. The second-order valence-electron chi connectivity index (χ2n) is 9.67. The molecule has 4 amide bonds. The quantitative estimate of drug-likeness (QED) is 0.322. The molecule has 0 spiro atoms. The van der Waals surface area contributed by atoms with Gasteiger partial charge in [-0.2, -0.15) is 0 Å². The molecule has 0 atom stereocenters. The Balaban J connectivity index is 1.15. The second kappa shape index (κ2) is 12.3. The van der Waals surface area contributed by atoms with E-state index in [4.69, 9.17) is 14.6 Å². The normalized spacial score (nSPS) is 17.0. The van der Waals surface area contributed by atoms with E-state index in [1.165, 1.54) is 24.3 Å². The Hall–Kier alpha value is -4.34. The Morgan fingerprint density at radius 1 is 0.684 bits per heavy atom. The lowest BCUT2D eigenvalue weighted by molar-refractivity contribution is 0.0877. The van der Waals surface area contributed by atoms with Gasteiger partial charge in [0.1, 0.15) is 0 Å². The smallest absolute Gasteiger partial charge is 0.287 e. The summed E-state index contributed by atoms with van der Waals surface area (Å²) in [4.78, 5) is 48.2. The lowest BCUT2D eigenvalue weighted by Gasteiger charge is -2.28. The van der Waals surface area contributed by atoms with Crippen molar-refractivity contribution in [2.45, 2.75) is 39.2 Å². The van der Waals surface area contributed by atoms with Gasteiger partial charge in [0.05, 0.1) is 0 Å². The van der Waals surface area contributed by atoms with Gasteiger partial charge in [0, 0.05) is 19.6 Å². The average molecular weight is 521 g/mol. The molecular formula is C28H32N4O6. The van der Waals surface area contributed by atoms with Gasteiger partial charge in [0.2, 0.25) is 0 Å². The zero-order chi connectivity index (χ0) is 27.1. The lowest BCUT2D eigenvalue weighted by Crippen LogP contribution is -2.34. The maximum atomic E-state index is 12.5. The molecule has 1 fully saturated rings. The van der Waals surface area contributed by atoms with E-state index < -0.39 is 5.91 Å². The van der Waals surface area contributed by atoms with Crippen LogP contribution in [-0.4, -0.2) is 36.7 Å². The first-order valence-electron chi connectivity index (χ1n) is 12.7. The SMILES string of the molecule is Cc1ccc(CNC(=O)c2ccc(C(=O)NCC3CCC(CNC(=O)c4ccc(C(N)=O)o4)CC3)o2)cc1. The van der Waals surface area contributed by atoms with Crippen LogP contribution in [0.1, 0.15) is 79.0 Å². The molecule has 200 valence electrons. The maximum Gasteiger partial charge on any atom is 0.287 e. The van der Waals surface area contributed by atoms with E-state index in [0.29, 0.717) is 31.5 Å². The number of carbonyl (C=O) groups excluding carboxylic acids is 4. The van der Waals surface area contributed by atoms with E-state index in [-0.39, 0.29) is 40.8 Å². The Kier molecular flexibility index (Phi) is 8.62. The van der Waals surface area contributed by atoms with Crippen molar-refractivity contribution < 1.29 is 28.0 Å². The Morgan fingerprint density at radius 2 is 1.11 bits per heavy atom. The minimum absolute atomic E-state index is 0.0511. The molecule has 2 heterocycles. The van der Waals surface area contributed by atoms with E-state index in [2.05, 4.69) is 16.0 Å². The third kappa shape index (κ3) is 7.12. The van der Waals surface area contributed by atoms with E-state index in [0.717, 1.165) is 36.8 Å². The molecular weight excluding hydrogens is 488 g/mol. The molecule has 0 unspecified atom stereocenters. The molecule has 1 aliphatic rings. The Bertz CT molecular complexity index is 1280. The summed E-state index contributed by atoms with van der Waals surface area (Å²) in [5.74, 6) is -1.01. The average Bonchev–Trinajstić information content (AvgIpc) is 3.61. The molecule has 2 aromatic heterocycles. The number of amides is 4. The predicted octanol–water partition coefficient (Wildman–Crippen LogP) is 3.18. The molecule has 1 saturated carbocycles. The molecule has 1 aliphatic carbocycles. The summed E-state index contributed by atoms with van der Waals surface area (Å²) in [5, 5.41) is 8.53. The van der Waals surface area contributed by atoms with E-state index >= 15 is 0 Å². The van der Waals surface area contributed by atoms with Crippen LogP contribution in [0.15, 0.2) is 57.4 Å². The van der Waals surface area contributed by atoms with Crippen molar-refractivity contribution in [2.24, 2.45) is 17.6 Å². The molecule has 10 nitrogen and oxygen atoms in total. The third-order valence-corrected chi connectivity index (χ3v) is 6.77. The van der Waals surface area contributed by atoms with Crippen LogP contribution in [0.4, 0.5) is 0 Å². The fraction of sp³-hybridized carbons (Fsp3) is 0.357. The second-order valence-corrected chi connectivity index (χ2v) is 9.67. The van der Waals surface area contributed by atoms with E-state index in [1.54, 1.807) is 0 Å². The number of carbonyl (C=O) groups is 4. The van der Waals surface area contributed by atoms with Gasteiger partial charge >= 0.3 is 0 Å². The molecule has 3 aromatic rings. The highest BCUT2D eigenvalue weighted by atomic mass is 16.4. The highest BCUT2D eigenvalue weighted by Gasteiger charge is 2.24. The number of nitrogens with one attached hydrogen (secondary N) is 3. The van der Waals surface area contributed by atoms with Crippen LogP contribution in [0.2, 0.25) is 0 Å². The molecule has 38 heavy (non-hydrogen) atoms. The van der Waals surface area contributed by atoms with Crippen LogP contribution >= 0.6 is 0 Å². The van der Waals surface area contributed by atoms with Gasteiger partial charge < -0.3 is 30.5 Å². The molecule has 1 aromatic carbocycles. The monoisotopic (exact) mass is 520 g/mol. The fourth-order valence-electron chi connectivity index (χ4n) is 4.44. The van der Waals surface area contributed by atoms with Crippen molar-refractivity contribution in [1.29, 1.82) is 0 Å². The first-order chi connectivity index (χ1) is 18.3. The van der Waals surface area contributed by atoms with Gasteiger partial charge in [0.25, 0.3) is 23.6 Å². The number of benzene rings is 1. The summed E-state index contributed by atoms with van der Waals surface area (Å²) < 4.78 is 10.6. The predicted molar refractivity (Wildman–Crippen MR) is 138 cm³/mol. The van der Waals surface area contributed by atoms with E-state index in [9.17, 15) is 19.2 Å². The molecule has 4 rings (SSSR count). The number of rotatable bonds is 10. The third-order valence-electron chi connectivity index (χ3n) is 6.77. The summed E-state index contributed by atoms with van der Waals surface area (Å²) in [5.41, 5.74) is 7.26. The maximum absolute atomic E-state index is 12.5. The zero-order valence-corrected chi connectivity index (χ0v) is 21.3. The topological polar surface area (TPSA) is 157 Å². The molecule has 0 radical (unpaired) electrons. The van der Waals surface area contributed by atoms with Gasteiger partial charge in [0.15, 0.2) is 23.0 Å². The number of primary amides is 1. The fourth-order valence-corrected chi connectivity index (χ4v) is 4.44. The highest BCUT2D eigenvalue weighted by Crippen LogP contribution is 2.28. The van der Waals surface area contributed by atoms with Crippen LogP contribution in [0.25, 0.3) is 0 Å². The van der Waals surface area contributed by atoms with Crippen molar-refractivity contribution in [3.05, 3.63) is 82.7 Å². The Morgan fingerprint density at radius 3 is 1.55 bits per heavy atom. The molecule has 5 N–H and O–H groups in total. The molecule has 10 heteroatoms. The van der Waals surface area contributed by atoms with Gasteiger partial charge in [-0.25, -0.2) is 0 Å². The van der Waals surface area contributed by atoms with Crippen molar-refractivity contribution >= 4 is 23.6 Å². The van der Waals surface area contributed by atoms with Crippen LogP contribution in [-0.2, 0) is 6.54 Å². The van der Waals surface area contributed by atoms with Crippen molar-refractivity contribution in [3.63, 3.8) is 0 Å². The summed E-state index contributed by atoms with van der Waals surface area (Å²) in [6.07, 6.45) is 3.66. The van der Waals surface area contributed by atoms with Crippen LogP contribution < -0.4 is 21.7 Å². The van der Waals surface area contributed by atoms with Gasteiger partial charge in [-0.3, -0.25) is 19.2 Å². The van der Waals surface area contributed by atoms with E-state index in [1.807, 2.05) is 31.2 Å². The van der Waals surface area contributed by atoms with Crippen molar-refractivity contribution in [3.8, 4) is 0 Å².